The number of aromatic hydroxyl groups is 1. The van der Waals surface area contributed by atoms with E-state index < -0.39 is 0 Å². The molecule has 0 spiro atoms. The lowest BCUT2D eigenvalue weighted by Crippen LogP contribution is -2.23. The first-order chi connectivity index (χ1) is 13.1. The van der Waals surface area contributed by atoms with Crippen LogP contribution in [0.2, 0.25) is 0 Å². The van der Waals surface area contributed by atoms with Crippen LogP contribution >= 0.6 is 0 Å². The average molecular weight is 363 g/mol. The number of rotatable bonds is 5. The molecular weight excluding hydrogens is 332 g/mol. The lowest BCUT2D eigenvalue weighted by molar-refractivity contribution is 0.243. The first-order valence-electron chi connectivity index (χ1n) is 10.4. The van der Waals surface area contributed by atoms with Crippen molar-refractivity contribution in [2.24, 2.45) is 0 Å². The molecule has 4 rings (SSSR count). The second kappa shape index (κ2) is 7.80. The standard InChI is InChI=1S/C25H30O2/c1-17(9-8-12-19-10-4-3-5-11-19)22-16-25-23(15-24(22)26)21-14-7-6-13-20(21)18(2)27-25/h3-5,10-11,15-18,26H,6-9,12-14H2,1-2H3. The largest absolute Gasteiger partial charge is 0.508 e. The van der Waals surface area contributed by atoms with Gasteiger partial charge in [-0.3, -0.25) is 0 Å². The van der Waals surface area contributed by atoms with E-state index >= 15 is 0 Å². The van der Waals surface area contributed by atoms with Gasteiger partial charge >= 0.3 is 0 Å². The van der Waals surface area contributed by atoms with E-state index in [2.05, 4.69) is 50.2 Å². The van der Waals surface area contributed by atoms with Gasteiger partial charge in [0.05, 0.1) is 0 Å². The van der Waals surface area contributed by atoms with Crippen LogP contribution in [-0.2, 0) is 6.42 Å². The molecule has 2 heteroatoms. The molecule has 142 valence electrons. The smallest absolute Gasteiger partial charge is 0.128 e. The maximum atomic E-state index is 10.7. The van der Waals surface area contributed by atoms with Gasteiger partial charge in [0.2, 0.25) is 0 Å². The number of phenolic OH excluding ortho intramolecular Hbond substituents is 1. The minimum absolute atomic E-state index is 0.165. The zero-order chi connectivity index (χ0) is 18.8. The number of aryl methyl sites for hydroxylation is 1. The second-order valence-corrected chi connectivity index (χ2v) is 8.16. The molecule has 2 atom stereocenters. The average Bonchev–Trinajstić information content (AvgIpc) is 2.69. The molecule has 0 bridgehead atoms. The Kier molecular flexibility index (Phi) is 5.24. The highest BCUT2D eigenvalue weighted by molar-refractivity contribution is 5.77. The van der Waals surface area contributed by atoms with Crippen LogP contribution in [0.4, 0.5) is 0 Å². The lowest BCUT2D eigenvalue weighted by atomic mass is 9.82. The van der Waals surface area contributed by atoms with E-state index in [0.29, 0.717) is 11.7 Å². The van der Waals surface area contributed by atoms with Gasteiger partial charge in [-0.1, -0.05) is 37.3 Å². The molecule has 0 fully saturated rings. The summed E-state index contributed by atoms with van der Waals surface area (Å²) in [4.78, 5) is 0. The molecule has 0 radical (unpaired) electrons. The van der Waals surface area contributed by atoms with Gasteiger partial charge in [-0.05, 0) is 86.6 Å². The summed E-state index contributed by atoms with van der Waals surface area (Å²) in [5.74, 6) is 1.71. The highest BCUT2D eigenvalue weighted by Gasteiger charge is 2.29. The number of hydrogen-bond donors (Lipinski definition) is 1. The summed E-state index contributed by atoms with van der Waals surface area (Å²) in [5.41, 5.74) is 6.40. The second-order valence-electron chi connectivity index (χ2n) is 8.16. The van der Waals surface area contributed by atoms with Gasteiger partial charge in [0.25, 0.3) is 0 Å². The number of allylic oxidation sites excluding steroid dienone is 1. The maximum Gasteiger partial charge on any atom is 0.128 e. The van der Waals surface area contributed by atoms with Crippen LogP contribution in [-0.4, -0.2) is 11.2 Å². The van der Waals surface area contributed by atoms with Crippen molar-refractivity contribution in [3.63, 3.8) is 0 Å². The van der Waals surface area contributed by atoms with Gasteiger partial charge in [-0.25, -0.2) is 0 Å². The van der Waals surface area contributed by atoms with E-state index in [4.69, 9.17) is 4.74 Å². The predicted molar refractivity (Wildman–Crippen MR) is 111 cm³/mol. The summed E-state index contributed by atoms with van der Waals surface area (Å²) >= 11 is 0. The Morgan fingerprint density at radius 3 is 2.70 bits per heavy atom. The van der Waals surface area contributed by atoms with Crippen molar-refractivity contribution in [2.45, 2.75) is 70.8 Å². The van der Waals surface area contributed by atoms with Crippen molar-refractivity contribution in [2.75, 3.05) is 0 Å². The van der Waals surface area contributed by atoms with E-state index in [1.807, 2.05) is 6.07 Å². The van der Waals surface area contributed by atoms with E-state index in [1.54, 1.807) is 0 Å². The van der Waals surface area contributed by atoms with E-state index in [-0.39, 0.29) is 6.10 Å². The third kappa shape index (κ3) is 3.76. The third-order valence-corrected chi connectivity index (χ3v) is 6.24. The summed E-state index contributed by atoms with van der Waals surface area (Å²) in [7, 11) is 0. The first-order valence-corrected chi connectivity index (χ1v) is 10.4. The van der Waals surface area contributed by atoms with Crippen molar-refractivity contribution >= 4 is 5.57 Å². The molecule has 0 saturated carbocycles. The molecule has 1 aliphatic carbocycles. The highest BCUT2D eigenvalue weighted by atomic mass is 16.5. The van der Waals surface area contributed by atoms with Gasteiger partial charge in [-0.15, -0.1) is 0 Å². The van der Waals surface area contributed by atoms with Crippen molar-refractivity contribution < 1.29 is 9.84 Å². The van der Waals surface area contributed by atoms with Crippen LogP contribution in [0.1, 0.15) is 75.0 Å². The Hall–Kier alpha value is -2.22. The molecule has 2 aromatic rings. The minimum Gasteiger partial charge on any atom is -0.508 e. The molecule has 2 aromatic carbocycles. The molecule has 1 aliphatic heterocycles. The molecule has 2 nitrogen and oxygen atoms in total. The summed E-state index contributed by atoms with van der Waals surface area (Å²) in [6.07, 6.45) is 8.17. The van der Waals surface area contributed by atoms with E-state index in [1.165, 1.54) is 29.6 Å². The third-order valence-electron chi connectivity index (χ3n) is 6.24. The molecule has 0 saturated heterocycles. The van der Waals surface area contributed by atoms with Crippen molar-refractivity contribution in [3.05, 3.63) is 64.7 Å². The van der Waals surface area contributed by atoms with Gasteiger partial charge in [-0.2, -0.15) is 0 Å². The summed E-state index contributed by atoms with van der Waals surface area (Å²) in [6, 6.07) is 14.7. The molecule has 1 heterocycles. The summed E-state index contributed by atoms with van der Waals surface area (Å²) in [5, 5.41) is 10.7. The molecule has 2 aliphatic rings. The fourth-order valence-electron chi connectivity index (χ4n) is 4.67. The molecular formula is C25H30O2. The van der Waals surface area contributed by atoms with Crippen LogP contribution in [0.25, 0.3) is 5.57 Å². The number of hydrogen-bond acceptors (Lipinski definition) is 2. The Morgan fingerprint density at radius 2 is 1.89 bits per heavy atom. The molecule has 1 N–H and O–H groups in total. The lowest BCUT2D eigenvalue weighted by Gasteiger charge is -2.33. The minimum atomic E-state index is 0.165. The Morgan fingerprint density at radius 1 is 1.11 bits per heavy atom. The Bertz CT molecular complexity index is 835. The highest BCUT2D eigenvalue weighted by Crippen LogP contribution is 2.46. The molecule has 27 heavy (non-hydrogen) atoms. The van der Waals surface area contributed by atoms with E-state index in [9.17, 15) is 5.11 Å². The SMILES string of the molecule is CC1Oc2cc(C(C)CCCc3ccccc3)c(O)cc2C2=C1CCCC2. The fourth-order valence-corrected chi connectivity index (χ4v) is 4.67. The predicted octanol–water partition coefficient (Wildman–Crippen LogP) is 6.63. The number of ether oxygens (including phenoxy) is 1. The van der Waals surface area contributed by atoms with Gasteiger partial charge in [0, 0.05) is 11.1 Å². The maximum absolute atomic E-state index is 10.7. The zero-order valence-corrected chi connectivity index (χ0v) is 16.5. The van der Waals surface area contributed by atoms with Crippen molar-refractivity contribution in [1.29, 1.82) is 0 Å². The van der Waals surface area contributed by atoms with Gasteiger partial charge < -0.3 is 9.84 Å². The van der Waals surface area contributed by atoms with Crippen molar-refractivity contribution in [1.82, 2.24) is 0 Å². The summed E-state index contributed by atoms with van der Waals surface area (Å²) < 4.78 is 6.25. The Labute approximate surface area is 162 Å². The Balaban J connectivity index is 1.51. The molecule has 0 aromatic heterocycles. The number of phenols is 1. The quantitative estimate of drug-likeness (QED) is 0.647. The topological polar surface area (TPSA) is 29.5 Å². The fraction of sp³-hybridized carbons (Fsp3) is 0.440. The van der Waals surface area contributed by atoms with E-state index in [0.717, 1.165) is 49.0 Å². The first kappa shape index (κ1) is 18.2. The zero-order valence-electron chi connectivity index (χ0n) is 16.5. The van der Waals surface area contributed by atoms with Crippen LogP contribution < -0.4 is 4.74 Å². The molecule has 2 unspecified atom stereocenters. The molecule has 0 amide bonds. The van der Waals surface area contributed by atoms with Crippen molar-refractivity contribution in [3.8, 4) is 11.5 Å². The number of benzene rings is 2. The normalized spacial score (nSPS) is 19.9. The van der Waals surface area contributed by atoms with Crippen LogP contribution in [0.3, 0.4) is 0 Å². The van der Waals surface area contributed by atoms with Crippen LogP contribution in [0.5, 0.6) is 11.5 Å². The monoisotopic (exact) mass is 362 g/mol. The number of fused-ring (bicyclic) bond motifs is 2. The van der Waals surface area contributed by atoms with Gasteiger partial charge in [0.15, 0.2) is 0 Å². The van der Waals surface area contributed by atoms with Gasteiger partial charge in [0.1, 0.15) is 17.6 Å². The van der Waals surface area contributed by atoms with Crippen LogP contribution in [0.15, 0.2) is 48.0 Å². The van der Waals surface area contributed by atoms with Crippen LogP contribution in [0, 0.1) is 0 Å². The summed E-state index contributed by atoms with van der Waals surface area (Å²) in [6.45, 7) is 4.38.